The zero-order valence-electron chi connectivity index (χ0n) is 10.8. The summed E-state index contributed by atoms with van der Waals surface area (Å²) in [5, 5.41) is 12.3. The lowest BCUT2D eigenvalue weighted by atomic mass is 10.1. The molecule has 0 atom stereocenters. The lowest BCUT2D eigenvalue weighted by molar-refractivity contribution is 0.300. The summed E-state index contributed by atoms with van der Waals surface area (Å²) in [6.45, 7) is 1.79. The first kappa shape index (κ1) is 14.3. The number of hydrogen-bond donors (Lipinski definition) is 1. The van der Waals surface area contributed by atoms with E-state index in [1.807, 2.05) is 0 Å². The van der Waals surface area contributed by atoms with Gasteiger partial charge in [0.15, 0.2) is 0 Å². The summed E-state index contributed by atoms with van der Waals surface area (Å²) in [5.74, 6) is 0.244. The second-order valence-corrected chi connectivity index (χ2v) is 4.67. The molecule has 0 heterocycles. The van der Waals surface area contributed by atoms with Crippen molar-refractivity contribution < 1.29 is 14.3 Å². The minimum atomic E-state index is -0.353. The van der Waals surface area contributed by atoms with Crippen LogP contribution in [-0.2, 0) is 6.61 Å². The molecule has 5 heteroatoms. The zero-order valence-corrected chi connectivity index (χ0v) is 11.6. The number of halogens is 2. The molecule has 20 heavy (non-hydrogen) atoms. The van der Waals surface area contributed by atoms with Gasteiger partial charge in [-0.2, -0.15) is 0 Å². The van der Waals surface area contributed by atoms with Crippen LogP contribution in [0.2, 0.25) is 5.02 Å². The molecule has 0 aliphatic carbocycles. The van der Waals surface area contributed by atoms with Gasteiger partial charge in [0.1, 0.15) is 18.2 Å². The van der Waals surface area contributed by atoms with E-state index in [1.165, 1.54) is 18.2 Å². The number of oxime groups is 1. The van der Waals surface area contributed by atoms with Gasteiger partial charge in [-0.1, -0.05) is 16.8 Å². The van der Waals surface area contributed by atoms with E-state index in [2.05, 4.69) is 5.16 Å². The zero-order chi connectivity index (χ0) is 14.5. The minimum absolute atomic E-state index is 0.0960. The Bertz CT molecular complexity index is 626. The molecule has 2 rings (SSSR count). The van der Waals surface area contributed by atoms with Gasteiger partial charge in [0.25, 0.3) is 0 Å². The van der Waals surface area contributed by atoms with Crippen LogP contribution in [0.4, 0.5) is 4.39 Å². The van der Waals surface area contributed by atoms with Gasteiger partial charge in [-0.05, 0) is 55.0 Å². The Morgan fingerprint density at radius 2 is 1.95 bits per heavy atom. The van der Waals surface area contributed by atoms with E-state index in [-0.39, 0.29) is 12.4 Å². The Morgan fingerprint density at radius 1 is 1.25 bits per heavy atom. The van der Waals surface area contributed by atoms with Crippen LogP contribution in [0.5, 0.6) is 5.75 Å². The highest BCUT2D eigenvalue weighted by atomic mass is 35.5. The van der Waals surface area contributed by atoms with E-state index in [0.717, 1.165) is 5.56 Å². The third kappa shape index (κ3) is 3.48. The fourth-order valence-electron chi connectivity index (χ4n) is 1.67. The first-order chi connectivity index (χ1) is 9.60. The smallest absolute Gasteiger partial charge is 0.129 e. The van der Waals surface area contributed by atoms with Crippen molar-refractivity contribution in [2.45, 2.75) is 13.5 Å². The number of hydrogen-bond acceptors (Lipinski definition) is 3. The van der Waals surface area contributed by atoms with Crippen LogP contribution in [0.1, 0.15) is 18.1 Å². The average Bonchev–Trinajstić information content (AvgIpc) is 2.48. The van der Waals surface area contributed by atoms with Gasteiger partial charge in [0, 0.05) is 10.6 Å². The fourth-order valence-corrected chi connectivity index (χ4v) is 1.86. The summed E-state index contributed by atoms with van der Waals surface area (Å²) in [4.78, 5) is 0. The molecule has 1 N–H and O–H groups in total. The highest BCUT2D eigenvalue weighted by Crippen LogP contribution is 2.18. The molecule has 0 spiro atoms. The monoisotopic (exact) mass is 293 g/mol. The molecule has 2 aromatic rings. The first-order valence-electron chi connectivity index (χ1n) is 5.96. The van der Waals surface area contributed by atoms with Crippen molar-refractivity contribution >= 4 is 17.3 Å². The number of benzene rings is 2. The number of ether oxygens (including phenoxy) is 1. The van der Waals surface area contributed by atoms with E-state index < -0.39 is 0 Å². The molecule has 0 saturated carbocycles. The molecule has 0 radical (unpaired) electrons. The van der Waals surface area contributed by atoms with Crippen molar-refractivity contribution in [2.24, 2.45) is 5.16 Å². The Labute approximate surface area is 121 Å². The van der Waals surface area contributed by atoms with Crippen LogP contribution in [-0.4, -0.2) is 10.9 Å². The third-order valence-corrected chi connectivity index (χ3v) is 3.06. The van der Waals surface area contributed by atoms with Crippen LogP contribution >= 0.6 is 11.6 Å². The maximum atomic E-state index is 13.5. The van der Waals surface area contributed by atoms with E-state index in [4.69, 9.17) is 21.5 Å². The van der Waals surface area contributed by atoms with Gasteiger partial charge in [0.2, 0.25) is 0 Å². The predicted molar refractivity (Wildman–Crippen MR) is 76.2 cm³/mol. The quantitative estimate of drug-likeness (QED) is 0.520. The standard InChI is InChI=1S/C15H13ClFNO2/c1-10(18-19)11-2-5-14(6-3-11)20-9-12-8-13(16)4-7-15(12)17/h2-8,19H,9H2,1H3/b18-10-. The molecule has 0 bridgehead atoms. The molecule has 0 aliphatic rings. The summed E-state index contributed by atoms with van der Waals surface area (Å²) in [7, 11) is 0. The van der Waals surface area contributed by atoms with E-state index >= 15 is 0 Å². The second-order valence-electron chi connectivity index (χ2n) is 4.23. The Hall–Kier alpha value is -2.07. The van der Waals surface area contributed by atoms with E-state index in [1.54, 1.807) is 31.2 Å². The molecule has 0 saturated heterocycles. The van der Waals surface area contributed by atoms with E-state index in [9.17, 15) is 4.39 Å². The van der Waals surface area contributed by atoms with Crippen LogP contribution in [0.3, 0.4) is 0 Å². The van der Waals surface area contributed by atoms with Gasteiger partial charge < -0.3 is 9.94 Å². The number of rotatable bonds is 4. The van der Waals surface area contributed by atoms with Crippen LogP contribution in [0.25, 0.3) is 0 Å². The highest BCUT2D eigenvalue weighted by molar-refractivity contribution is 6.30. The molecular formula is C15H13ClFNO2. The lowest BCUT2D eigenvalue weighted by Gasteiger charge is -2.08. The molecule has 0 unspecified atom stereocenters. The lowest BCUT2D eigenvalue weighted by Crippen LogP contribution is -1.99. The third-order valence-electron chi connectivity index (χ3n) is 2.82. The van der Waals surface area contributed by atoms with E-state index in [0.29, 0.717) is 22.0 Å². The minimum Gasteiger partial charge on any atom is -0.489 e. The highest BCUT2D eigenvalue weighted by Gasteiger charge is 2.04. The maximum Gasteiger partial charge on any atom is 0.129 e. The van der Waals surface area contributed by atoms with Crippen LogP contribution in [0.15, 0.2) is 47.6 Å². The van der Waals surface area contributed by atoms with Crippen molar-refractivity contribution in [1.82, 2.24) is 0 Å². The Morgan fingerprint density at radius 3 is 2.60 bits per heavy atom. The van der Waals surface area contributed by atoms with Gasteiger partial charge in [-0.15, -0.1) is 0 Å². The summed E-state index contributed by atoms with van der Waals surface area (Å²) in [6.07, 6.45) is 0. The predicted octanol–water partition coefficient (Wildman–Crippen LogP) is 4.26. The second kappa shape index (κ2) is 6.39. The van der Waals surface area contributed by atoms with Crippen molar-refractivity contribution in [2.75, 3.05) is 0 Å². The van der Waals surface area contributed by atoms with Crippen molar-refractivity contribution in [1.29, 1.82) is 0 Å². The summed E-state index contributed by atoms with van der Waals surface area (Å²) in [6, 6.07) is 11.3. The molecule has 104 valence electrons. The number of nitrogens with zero attached hydrogens (tertiary/aromatic N) is 1. The van der Waals surface area contributed by atoms with Gasteiger partial charge in [0.05, 0.1) is 5.71 Å². The Balaban J connectivity index is 2.06. The normalized spacial score (nSPS) is 11.4. The Kier molecular flexibility index (Phi) is 4.58. The topological polar surface area (TPSA) is 41.8 Å². The fraction of sp³-hybridized carbons (Fsp3) is 0.133. The summed E-state index contributed by atoms with van der Waals surface area (Å²) in [5.41, 5.74) is 1.70. The first-order valence-corrected chi connectivity index (χ1v) is 6.34. The molecular weight excluding hydrogens is 281 g/mol. The summed E-state index contributed by atoms with van der Waals surface area (Å²) >= 11 is 5.81. The van der Waals surface area contributed by atoms with Gasteiger partial charge in [-0.25, -0.2) is 4.39 Å². The molecule has 0 amide bonds. The van der Waals surface area contributed by atoms with Crippen molar-refractivity contribution in [3.8, 4) is 5.75 Å². The molecule has 3 nitrogen and oxygen atoms in total. The van der Waals surface area contributed by atoms with Gasteiger partial charge in [-0.3, -0.25) is 0 Å². The van der Waals surface area contributed by atoms with Gasteiger partial charge >= 0.3 is 0 Å². The van der Waals surface area contributed by atoms with Crippen LogP contribution in [0, 0.1) is 5.82 Å². The average molecular weight is 294 g/mol. The van der Waals surface area contributed by atoms with Crippen LogP contribution < -0.4 is 4.74 Å². The molecule has 0 fully saturated rings. The van der Waals surface area contributed by atoms with Crippen molar-refractivity contribution in [3.05, 3.63) is 64.4 Å². The molecule has 2 aromatic carbocycles. The SMILES string of the molecule is C/C(=N/O)c1ccc(OCc2cc(Cl)ccc2F)cc1. The largest absolute Gasteiger partial charge is 0.489 e. The summed E-state index contributed by atoms with van der Waals surface area (Å²) < 4.78 is 19.0. The van der Waals surface area contributed by atoms with Crippen molar-refractivity contribution in [3.63, 3.8) is 0 Å². The maximum absolute atomic E-state index is 13.5. The molecule has 0 aliphatic heterocycles. The molecule has 0 aromatic heterocycles.